The molecule has 0 bridgehead atoms. The molecule has 1 aromatic rings. The van der Waals surface area contributed by atoms with Crippen LogP contribution in [0.5, 0.6) is 5.75 Å². The highest BCUT2D eigenvalue weighted by molar-refractivity contribution is 5.95. The van der Waals surface area contributed by atoms with Crippen LogP contribution in [0.4, 0.5) is 0 Å². The second kappa shape index (κ2) is 7.99. The Morgan fingerprint density at radius 1 is 1.36 bits per heavy atom. The van der Waals surface area contributed by atoms with Crippen LogP contribution in [0.2, 0.25) is 0 Å². The Morgan fingerprint density at radius 2 is 2.05 bits per heavy atom. The van der Waals surface area contributed by atoms with Crippen LogP contribution in [0.15, 0.2) is 30.3 Å². The number of methoxy groups -OCH3 is 1. The molecule has 1 heterocycles. The Kier molecular flexibility index (Phi) is 6.01. The molecule has 0 saturated carbocycles. The standard InChI is InChI=1S/C18H26N2O2/c1-14(16-6-4-5-7-17(16)22-3)12-18(21)20-10-8-15(9-11-20)13-19-2/h4-7,12,15,19H,8-11,13H2,1-3H3/b14-12-. The third-order valence-electron chi connectivity index (χ3n) is 4.29. The zero-order valence-corrected chi connectivity index (χ0v) is 13.8. The van der Waals surface area contributed by atoms with Gasteiger partial charge in [-0.1, -0.05) is 18.2 Å². The normalized spacial score (nSPS) is 16.7. The highest BCUT2D eigenvalue weighted by Gasteiger charge is 2.21. The van der Waals surface area contributed by atoms with E-state index in [0.717, 1.165) is 49.4 Å². The van der Waals surface area contributed by atoms with Crippen molar-refractivity contribution in [1.82, 2.24) is 10.2 Å². The van der Waals surface area contributed by atoms with Gasteiger partial charge in [-0.05, 0) is 50.9 Å². The van der Waals surface area contributed by atoms with Gasteiger partial charge in [0, 0.05) is 24.7 Å². The van der Waals surface area contributed by atoms with Crippen molar-refractivity contribution in [3.8, 4) is 5.75 Å². The molecule has 0 spiro atoms. The molecule has 0 aliphatic carbocycles. The van der Waals surface area contributed by atoms with Gasteiger partial charge in [-0.15, -0.1) is 0 Å². The molecule has 0 atom stereocenters. The van der Waals surface area contributed by atoms with Gasteiger partial charge >= 0.3 is 0 Å². The van der Waals surface area contributed by atoms with Crippen LogP contribution in [-0.4, -0.2) is 44.6 Å². The van der Waals surface area contributed by atoms with Crippen LogP contribution >= 0.6 is 0 Å². The molecule has 1 amide bonds. The predicted molar refractivity (Wildman–Crippen MR) is 89.9 cm³/mol. The molecule has 120 valence electrons. The van der Waals surface area contributed by atoms with Crippen LogP contribution in [0, 0.1) is 5.92 Å². The molecule has 0 unspecified atom stereocenters. The van der Waals surface area contributed by atoms with Crippen LogP contribution in [0.3, 0.4) is 0 Å². The van der Waals surface area contributed by atoms with E-state index in [4.69, 9.17) is 4.74 Å². The summed E-state index contributed by atoms with van der Waals surface area (Å²) in [5.41, 5.74) is 1.92. The summed E-state index contributed by atoms with van der Waals surface area (Å²) in [7, 11) is 3.64. The molecule has 1 aromatic carbocycles. The van der Waals surface area contributed by atoms with Crippen molar-refractivity contribution in [2.24, 2.45) is 5.92 Å². The van der Waals surface area contributed by atoms with Crippen molar-refractivity contribution < 1.29 is 9.53 Å². The maximum Gasteiger partial charge on any atom is 0.246 e. The zero-order valence-electron chi connectivity index (χ0n) is 13.8. The van der Waals surface area contributed by atoms with E-state index in [1.807, 2.05) is 43.1 Å². The van der Waals surface area contributed by atoms with Crippen molar-refractivity contribution in [2.45, 2.75) is 19.8 Å². The Bertz CT molecular complexity index is 532. The number of ether oxygens (including phenoxy) is 1. The Labute approximate surface area is 133 Å². The van der Waals surface area contributed by atoms with Crippen molar-refractivity contribution >= 4 is 11.5 Å². The number of nitrogens with one attached hydrogen (secondary N) is 1. The summed E-state index contributed by atoms with van der Waals surface area (Å²) in [6, 6.07) is 7.80. The van der Waals surface area contributed by atoms with E-state index >= 15 is 0 Å². The lowest BCUT2D eigenvalue weighted by Gasteiger charge is -2.31. The van der Waals surface area contributed by atoms with Crippen molar-refractivity contribution in [2.75, 3.05) is 33.8 Å². The van der Waals surface area contributed by atoms with Crippen LogP contribution in [0.25, 0.3) is 5.57 Å². The van der Waals surface area contributed by atoms with Gasteiger partial charge in [0.25, 0.3) is 0 Å². The maximum atomic E-state index is 12.4. The molecule has 1 N–H and O–H groups in total. The highest BCUT2D eigenvalue weighted by Crippen LogP contribution is 2.25. The first kappa shape index (κ1) is 16.6. The number of hydrogen-bond acceptors (Lipinski definition) is 3. The second-order valence-corrected chi connectivity index (χ2v) is 5.85. The minimum atomic E-state index is 0.103. The van der Waals surface area contributed by atoms with Gasteiger partial charge in [-0.2, -0.15) is 0 Å². The molecule has 1 saturated heterocycles. The third kappa shape index (κ3) is 4.10. The number of rotatable bonds is 5. The number of hydrogen-bond donors (Lipinski definition) is 1. The molecule has 4 heteroatoms. The lowest BCUT2D eigenvalue weighted by atomic mass is 9.96. The highest BCUT2D eigenvalue weighted by atomic mass is 16.5. The van der Waals surface area contributed by atoms with Gasteiger partial charge in [0.05, 0.1) is 7.11 Å². The van der Waals surface area contributed by atoms with Crippen molar-refractivity contribution in [3.05, 3.63) is 35.9 Å². The molecular weight excluding hydrogens is 276 g/mol. The van der Waals surface area contributed by atoms with E-state index in [1.54, 1.807) is 13.2 Å². The quantitative estimate of drug-likeness (QED) is 0.850. The molecular formula is C18H26N2O2. The van der Waals surface area contributed by atoms with Crippen LogP contribution < -0.4 is 10.1 Å². The molecule has 1 aliphatic heterocycles. The number of benzene rings is 1. The number of amides is 1. The number of para-hydroxylation sites is 1. The fourth-order valence-electron chi connectivity index (χ4n) is 2.97. The number of carbonyl (C=O) groups excluding carboxylic acids is 1. The lowest BCUT2D eigenvalue weighted by molar-refractivity contribution is -0.127. The SMILES string of the molecule is CNCC1CCN(C(=O)/C=C(/C)c2ccccc2OC)CC1. The van der Waals surface area contributed by atoms with Crippen molar-refractivity contribution in [1.29, 1.82) is 0 Å². The number of nitrogens with zero attached hydrogens (tertiary/aromatic N) is 1. The number of likely N-dealkylation sites (tertiary alicyclic amines) is 1. The van der Waals surface area contributed by atoms with E-state index in [0.29, 0.717) is 5.92 Å². The molecule has 4 nitrogen and oxygen atoms in total. The van der Waals surface area contributed by atoms with E-state index in [9.17, 15) is 4.79 Å². The van der Waals surface area contributed by atoms with Crippen LogP contribution in [-0.2, 0) is 4.79 Å². The topological polar surface area (TPSA) is 41.6 Å². The molecule has 0 aromatic heterocycles. The Balaban J connectivity index is 2.01. The summed E-state index contributed by atoms with van der Waals surface area (Å²) in [6.07, 6.45) is 3.89. The first-order valence-corrected chi connectivity index (χ1v) is 7.91. The van der Waals surface area contributed by atoms with Gasteiger partial charge in [0.1, 0.15) is 5.75 Å². The fraction of sp³-hybridized carbons (Fsp3) is 0.500. The Hall–Kier alpha value is -1.81. The zero-order chi connectivity index (χ0) is 15.9. The summed E-state index contributed by atoms with van der Waals surface area (Å²) in [5.74, 6) is 1.59. The molecule has 22 heavy (non-hydrogen) atoms. The van der Waals surface area contributed by atoms with Gasteiger partial charge in [0.2, 0.25) is 5.91 Å². The summed E-state index contributed by atoms with van der Waals surface area (Å²) in [6.45, 7) is 4.70. The van der Waals surface area contributed by atoms with Crippen LogP contribution in [0.1, 0.15) is 25.3 Å². The minimum absolute atomic E-state index is 0.103. The minimum Gasteiger partial charge on any atom is -0.496 e. The van der Waals surface area contributed by atoms with Gasteiger partial charge in [0.15, 0.2) is 0 Å². The van der Waals surface area contributed by atoms with E-state index in [-0.39, 0.29) is 5.91 Å². The molecule has 1 fully saturated rings. The number of allylic oxidation sites excluding steroid dienone is 1. The average Bonchev–Trinajstić information content (AvgIpc) is 2.55. The predicted octanol–water partition coefficient (Wildman–Crippen LogP) is 2.56. The number of carbonyl (C=O) groups is 1. The summed E-state index contributed by atoms with van der Waals surface area (Å²) < 4.78 is 5.36. The smallest absolute Gasteiger partial charge is 0.246 e. The molecule has 0 radical (unpaired) electrons. The van der Waals surface area contributed by atoms with E-state index in [2.05, 4.69) is 5.32 Å². The van der Waals surface area contributed by atoms with Crippen molar-refractivity contribution in [3.63, 3.8) is 0 Å². The lowest BCUT2D eigenvalue weighted by Crippen LogP contribution is -2.39. The fourth-order valence-corrected chi connectivity index (χ4v) is 2.97. The Morgan fingerprint density at radius 3 is 2.68 bits per heavy atom. The average molecular weight is 302 g/mol. The van der Waals surface area contributed by atoms with Gasteiger partial charge in [-0.3, -0.25) is 4.79 Å². The summed E-state index contributed by atoms with van der Waals surface area (Å²) >= 11 is 0. The summed E-state index contributed by atoms with van der Waals surface area (Å²) in [5, 5.41) is 3.22. The first-order chi connectivity index (χ1) is 10.7. The monoisotopic (exact) mass is 302 g/mol. The third-order valence-corrected chi connectivity index (χ3v) is 4.29. The number of piperidine rings is 1. The van der Waals surface area contributed by atoms with E-state index in [1.165, 1.54) is 0 Å². The maximum absolute atomic E-state index is 12.4. The molecule has 2 rings (SSSR count). The largest absolute Gasteiger partial charge is 0.496 e. The molecule has 1 aliphatic rings. The van der Waals surface area contributed by atoms with Gasteiger partial charge < -0.3 is 15.0 Å². The second-order valence-electron chi connectivity index (χ2n) is 5.85. The van der Waals surface area contributed by atoms with E-state index < -0.39 is 0 Å². The first-order valence-electron chi connectivity index (χ1n) is 7.91. The van der Waals surface area contributed by atoms with Gasteiger partial charge in [-0.25, -0.2) is 0 Å². The summed E-state index contributed by atoms with van der Waals surface area (Å²) in [4.78, 5) is 14.4.